The summed E-state index contributed by atoms with van der Waals surface area (Å²) in [6.45, 7) is 6.34. The maximum atomic E-state index is 12.4. The van der Waals surface area contributed by atoms with Crippen LogP contribution in [-0.4, -0.2) is 5.78 Å². The highest BCUT2D eigenvalue weighted by Crippen LogP contribution is 2.21. The molecule has 0 radical (unpaired) electrons. The van der Waals surface area contributed by atoms with Gasteiger partial charge in [-0.3, -0.25) is 4.79 Å². The normalized spacial score (nSPS) is 10.8. The van der Waals surface area contributed by atoms with E-state index in [-0.39, 0.29) is 5.78 Å². The van der Waals surface area contributed by atoms with Crippen LogP contribution in [0.5, 0.6) is 0 Å². The molecule has 0 spiro atoms. The molecule has 2 aromatic rings. The molecular weight excluding hydrogens is 312 g/mol. The van der Waals surface area contributed by atoms with Gasteiger partial charge >= 0.3 is 0 Å². The fraction of sp³-hybridized carbons (Fsp3) is 0.278. The van der Waals surface area contributed by atoms with Crippen molar-refractivity contribution in [1.29, 1.82) is 0 Å². The number of halogens is 1. The summed E-state index contributed by atoms with van der Waals surface area (Å²) in [4.78, 5) is 12.4. The third-order valence-electron chi connectivity index (χ3n) is 3.43. The Bertz CT molecular complexity index is 612. The van der Waals surface area contributed by atoms with Gasteiger partial charge in [0.1, 0.15) is 0 Å². The lowest BCUT2D eigenvalue weighted by molar-refractivity contribution is 0.0992. The van der Waals surface area contributed by atoms with Crippen molar-refractivity contribution in [2.45, 2.75) is 33.1 Å². The first kappa shape index (κ1) is 15.0. The second-order valence-electron chi connectivity index (χ2n) is 5.48. The monoisotopic (exact) mass is 330 g/mol. The predicted molar refractivity (Wildman–Crippen MR) is 87.4 cm³/mol. The third kappa shape index (κ3) is 3.57. The quantitative estimate of drug-likeness (QED) is 0.694. The van der Waals surface area contributed by atoms with Crippen LogP contribution in [0, 0.1) is 6.92 Å². The van der Waals surface area contributed by atoms with Gasteiger partial charge in [0, 0.05) is 16.5 Å². The van der Waals surface area contributed by atoms with Gasteiger partial charge in [-0.05, 0) is 36.1 Å². The Morgan fingerprint density at radius 2 is 1.75 bits per heavy atom. The highest BCUT2D eigenvalue weighted by molar-refractivity contribution is 9.10. The molecule has 0 saturated heterocycles. The van der Waals surface area contributed by atoms with Crippen LogP contribution in [0.15, 0.2) is 46.9 Å². The zero-order valence-corrected chi connectivity index (χ0v) is 13.7. The predicted octanol–water partition coefficient (Wildman–Crippen LogP) is 5.31. The summed E-state index contributed by atoms with van der Waals surface area (Å²) >= 11 is 3.45. The molecule has 0 aliphatic rings. The maximum absolute atomic E-state index is 12.4. The van der Waals surface area contributed by atoms with E-state index in [1.807, 2.05) is 25.1 Å². The molecule has 1 nitrogen and oxygen atoms in total. The van der Waals surface area contributed by atoms with Crippen LogP contribution in [0.1, 0.15) is 46.8 Å². The van der Waals surface area contributed by atoms with Crippen LogP contribution in [0.25, 0.3) is 0 Å². The fourth-order valence-electron chi connectivity index (χ4n) is 2.15. The molecule has 0 heterocycles. The molecule has 0 aliphatic carbocycles. The molecule has 2 heteroatoms. The van der Waals surface area contributed by atoms with Crippen LogP contribution in [0.4, 0.5) is 0 Å². The highest BCUT2D eigenvalue weighted by Gasteiger charge is 2.11. The number of hydrogen-bond acceptors (Lipinski definition) is 1. The molecule has 2 rings (SSSR count). The molecule has 0 bridgehead atoms. The Morgan fingerprint density at radius 3 is 2.35 bits per heavy atom. The Hall–Kier alpha value is -1.41. The van der Waals surface area contributed by atoms with E-state index in [2.05, 4.69) is 54.0 Å². The van der Waals surface area contributed by atoms with E-state index in [1.54, 1.807) is 0 Å². The first-order valence-corrected chi connectivity index (χ1v) is 7.65. The van der Waals surface area contributed by atoms with Crippen LogP contribution in [0.2, 0.25) is 0 Å². The van der Waals surface area contributed by atoms with E-state index in [0.29, 0.717) is 12.3 Å². The lowest BCUT2D eigenvalue weighted by atomic mass is 9.98. The van der Waals surface area contributed by atoms with Gasteiger partial charge in [-0.2, -0.15) is 0 Å². The molecule has 0 aliphatic heterocycles. The van der Waals surface area contributed by atoms with Crippen molar-refractivity contribution in [3.63, 3.8) is 0 Å². The lowest BCUT2D eigenvalue weighted by Crippen LogP contribution is -2.05. The SMILES string of the molecule is Cc1ccc(Br)c(C(=O)Cc2ccc(C(C)C)cc2)c1. The number of carbonyl (C=O) groups excluding carboxylic acids is 1. The maximum Gasteiger partial charge on any atom is 0.168 e. The van der Waals surface area contributed by atoms with Crippen LogP contribution in [0.3, 0.4) is 0 Å². The topological polar surface area (TPSA) is 17.1 Å². The van der Waals surface area contributed by atoms with Crippen molar-refractivity contribution in [3.05, 3.63) is 69.2 Å². The summed E-state index contributed by atoms with van der Waals surface area (Å²) in [5.41, 5.74) is 4.23. The zero-order chi connectivity index (χ0) is 14.7. The average molecular weight is 331 g/mol. The van der Waals surface area contributed by atoms with Gasteiger partial charge in [-0.1, -0.05) is 65.7 Å². The first-order valence-electron chi connectivity index (χ1n) is 6.85. The molecule has 2 aromatic carbocycles. The van der Waals surface area contributed by atoms with E-state index < -0.39 is 0 Å². The number of hydrogen-bond donors (Lipinski definition) is 0. The molecule has 0 unspecified atom stereocenters. The highest BCUT2D eigenvalue weighted by atomic mass is 79.9. The number of carbonyl (C=O) groups is 1. The molecule has 0 fully saturated rings. The van der Waals surface area contributed by atoms with Gasteiger partial charge < -0.3 is 0 Å². The summed E-state index contributed by atoms with van der Waals surface area (Å²) in [6.07, 6.45) is 0.445. The Kier molecular flexibility index (Phi) is 4.77. The summed E-state index contributed by atoms with van der Waals surface area (Å²) in [6, 6.07) is 14.2. The van der Waals surface area contributed by atoms with E-state index in [9.17, 15) is 4.79 Å². The second-order valence-corrected chi connectivity index (χ2v) is 6.33. The van der Waals surface area contributed by atoms with Crippen molar-refractivity contribution < 1.29 is 4.79 Å². The average Bonchev–Trinajstić information content (AvgIpc) is 2.42. The number of ketones is 1. The third-order valence-corrected chi connectivity index (χ3v) is 4.12. The fourth-order valence-corrected chi connectivity index (χ4v) is 2.62. The van der Waals surface area contributed by atoms with Crippen molar-refractivity contribution in [3.8, 4) is 0 Å². The molecular formula is C18H19BrO. The number of Topliss-reactive ketones (excluding diaryl/α,β-unsaturated/α-hetero) is 1. The minimum atomic E-state index is 0.151. The molecule has 20 heavy (non-hydrogen) atoms. The summed E-state index contributed by atoms with van der Waals surface area (Å²) in [5, 5.41) is 0. The van der Waals surface area contributed by atoms with Gasteiger partial charge in [0.25, 0.3) is 0 Å². The van der Waals surface area contributed by atoms with Crippen molar-refractivity contribution in [2.75, 3.05) is 0 Å². The van der Waals surface area contributed by atoms with Gasteiger partial charge in [0.05, 0.1) is 0 Å². The number of rotatable bonds is 4. The largest absolute Gasteiger partial charge is 0.294 e. The van der Waals surface area contributed by atoms with Crippen LogP contribution >= 0.6 is 15.9 Å². The standard InChI is InChI=1S/C18H19BrO/c1-12(2)15-7-5-14(6-8-15)11-18(20)16-10-13(3)4-9-17(16)19/h4-10,12H,11H2,1-3H3. The van der Waals surface area contributed by atoms with Gasteiger partial charge in [0.15, 0.2) is 5.78 Å². The summed E-state index contributed by atoms with van der Waals surface area (Å²) in [5.74, 6) is 0.670. The molecule has 0 N–H and O–H groups in total. The van der Waals surface area contributed by atoms with Gasteiger partial charge in [0.2, 0.25) is 0 Å². The zero-order valence-electron chi connectivity index (χ0n) is 12.1. The van der Waals surface area contributed by atoms with E-state index >= 15 is 0 Å². The minimum absolute atomic E-state index is 0.151. The molecule has 0 saturated carbocycles. The summed E-state index contributed by atoms with van der Waals surface area (Å²) in [7, 11) is 0. The van der Waals surface area contributed by atoms with Crippen molar-refractivity contribution in [2.24, 2.45) is 0 Å². The van der Waals surface area contributed by atoms with E-state index in [0.717, 1.165) is 21.2 Å². The molecule has 0 amide bonds. The Morgan fingerprint density at radius 1 is 1.10 bits per heavy atom. The van der Waals surface area contributed by atoms with E-state index in [1.165, 1.54) is 5.56 Å². The number of aryl methyl sites for hydroxylation is 1. The van der Waals surface area contributed by atoms with Crippen molar-refractivity contribution >= 4 is 21.7 Å². The molecule has 0 aromatic heterocycles. The Labute approximate surface area is 129 Å². The van der Waals surface area contributed by atoms with Crippen LogP contribution in [-0.2, 0) is 6.42 Å². The minimum Gasteiger partial charge on any atom is -0.294 e. The lowest BCUT2D eigenvalue weighted by Gasteiger charge is -2.08. The van der Waals surface area contributed by atoms with Crippen molar-refractivity contribution in [1.82, 2.24) is 0 Å². The van der Waals surface area contributed by atoms with Gasteiger partial charge in [-0.25, -0.2) is 0 Å². The Balaban J connectivity index is 2.17. The smallest absolute Gasteiger partial charge is 0.168 e. The molecule has 0 atom stereocenters. The van der Waals surface area contributed by atoms with Gasteiger partial charge in [-0.15, -0.1) is 0 Å². The van der Waals surface area contributed by atoms with E-state index in [4.69, 9.17) is 0 Å². The molecule has 104 valence electrons. The first-order chi connectivity index (χ1) is 9.47. The second kappa shape index (κ2) is 6.36. The summed E-state index contributed by atoms with van der Waals surface area (Å²) < 4.78 is 0.868. The number of benzene rings is 2. The van der Waals surface area contributed by atoms with Crippen LogP contribution < -0.4 is 0 Å².